The van der Waals surface area contributed by atoms with E-state index in [1.165, 1.54) is 0 Å². The van der Waals surface area contributed by atoms with Crippen molar-refractivity contribution in [2.75, 3.05) is 40.4 Å². The van der Waals surface area contributed by atoms with Crippen molar-refractivity contribution < 1.29 is 14.3 Å². The molecule has 3 nitrogen and oxygen atoms in total. The second kappa shape index (κ2) is 5.51. The Morgan fingerprint density at radius 2 is 2.00 bits per heavy atom. The average molecular weight is 176 g/mol. The lowest BCUT2D eigenvalue weighted by Gasteiger charge is -2.27. The second-order valence-electron chi connectivity index (χ2n) is 3.90. The van der Waals surface area contributed by atoms with E-state index in [9.17, 15) is 0 Å². The first-order valence-corrected chi connectivity index (χ1v) is 4.56. The van der Waals surface area contributed by atoms with E-state index in [-0.39, 0.29) is 6.10 Å². The van der Waals surface area contributed by atoms with Gasteiger partial charge < -0.3 is 14.3 Å². The SMILES string of the molecule is CC[N+](C)(C)CCOCC(C)O. The highest BCUT2D eigenvalue weighted by atomic mass is 16.5. The van der Waals surface area contributed by atoms with Gasteiger partial charge in [-0.15, -0.1) is 0 Å². The third kappa shape index (κ3) is 6.58. The molecule has 0 rings (SSSR count). The Balaban J connectivity index is 3.31. The molecule has 0 aromatic carbocycles. The Morgan fingerprint density at radius 3 is 2.42 bits per heavy atom. The molecular weight excluding hydrogens is 154 g/mol. The van der Waals surface area contributed by atoms with Crippen LogP contribution in [0, 0.1) is 0 Å². The standard InChI is InChI=1S/C9H22NO2/c1-5-10(3,4)6-7-12-8-9(2)11/h9,11H,5-8H2,1-4H3/q+1. The smallest absolute Gasteiger partial charge is 0.102 e. The normalized spacial score (nSPS) is 14.8. The van der Waals surface area contributed by atoms with Crippen LogP contribution in [0.4, 0.5) is 0 Å². The number of aliphatic hydroxyl groups is 1. The van der Waals surface area contributed by atoms with E-state index in [1.807, 2.05) is 0 Å². The molecule has 0 heterocycles. The minimum absolute atomic E-state index is 0.345. The van der Waals surface area contributed by atoms with Gasteiger partial charge in [-0.25, -0.2) is 0 Å². The van der Waals surface area contributed by atoms with Crippen molar-refractivity contribution in [3.8, 4) is 0 Å². The van der Waals surface area contributed by atoms with E-state index in [0.29, 0.717) is 6.61 Å². The molecule has 0 aromatic heterocycles. The fourth-order valence-corrected chi connectivity index (χ4v) is 0.724. The summed E-state index contributed by atoms with van der Waals surface area (Å²) >= 11 is 0. The number of ether oxygens (including phenoxy) is 1. The topological polar surface area (TPSA) is 29.5 Å². The summed E-state index contributed by atoms with van der Waals surface area (Å²) in [4.78, 5) is 0. The number of rotatable bonds is 6. The third-order valence-electron chi connectivity index (χ3n) is 2.06. The molecule has 0 saturated carbocycles. The predicted octanol–water partition coefficient (Wildman–Crippen LogP) is 0.480. The molecule has 0 bridgehead atoms. The summed E-state index contributed by atoms with van der Waals surface area (Å²) in [5.74, 6) is 0. The summed E-state index contributed by atoms with van der Waals surface area (Å²) in [7, 11) is 4.34. The van der Waals surface area contributed by atoms with E-state index in [1.54, 1.807) is 6.92 Å². The molecule has 1 N–H and O–H groups in total. The highest BCUT2D eigenvalue weighted by Gasteiger charge is 2.10. The molecule has 74 valence electrons. The zero-order chi connectivity index (χ0) is 9.61. The Bertz CT molecular complexity index is 113. The van der Waals surface area contributed by atoms with Crippen LogP contribution in [-0.2, 0) is 4.74 Å². The van der Waals surface area contributed by atoms with E-state index >= 15 is 0 Å². The summed E-state index contributed by atoms with van der Waals surface area (Å²) in [6, 6.07) is 0. The van der Waals surface area contributed by atoms with Gasteiger partial charge in [0.2, 0.25) is 0 Å². The van der Waals surface area contributed by atoms with Gasteiger partial charge >= 0.3 is 0 Å². The van der Waals surface area contributed by atoms with Crippen LogP contribution in [0.1, 0.15) is 13.8 Å². The van der Waals surface area contributed by atoms with E-state index < -0.39 is 0 Å². The molecule has 1 unspecified atom stereocenters. The third-order valence-corrected chi connectivity index (χ3v) is 2.06. The molecule has 0 saturated heterocycles. The maximum absolute atomic E-state index is 8.91. The highest BCUT2D eigenvalue weighted by Crippen LogP contribution is 1.95. The molecule has 3 heteroatoms. The number of aliphatic hydroxyl groups excluding tert-OH is 1. The van der Waals surface area contributed by atoms with Gasteiger partial charge in [-0.2, -0.15) is 0 Å². The van der Waals surface area contributed by atoms with Gasteiger partial charge in [0.05, 0.1) is 40.0 Å². The maximum Gasteiger partial charge on any atom is 0.102 e. The Kier molecular flexibility index (Phi) is 5.46. The molecule has 12 heavy (non-hydrogen) atoms. The number of nitrogens with zero attached hydrogens (tertiary/aromatic N) is 1. The number of hydrogen-bond donors (Lipinski definition) is 1. The molecule has 0 aromatic rings. The van der Waals surface area contributed by atoms with E-state index in [2.05, 4.69) is 21.0 Å². The Morgan fingerprint density at radius 1 is 1.42 bits per heavy atom. The second-order valence-corrected chi connectivity index (χ2v) is 3.90. The van der Waals surface area contributed by atoms with Crippen molar-refractivity contribution in [2.24, 2.45) is 0 Å². The van der Waals surface area contributed by atoms with Crippen LogP contribution in [0.5, 0.6) is 0 Å². The minimum Gasteiger partial charge on any atom is -0.391 e. The molecule has 0 aliphatic rings. The van der Waals surface area contributed by atoms with Gasteiger partial charge in [-0.3, -0.25) is 0 Å². The first-order chi connectivity index (χ1) is 5.48. The lowest BCUT2D eigenvalue weighted by molar-refractivity contribution is -0.888. The van der Waals surface area contributed by atoms with Gasteiger partial charge in [-0.05, 0) is 13.8 Å². The van der Waals surface area contributed by atoms with Crippen LogP contribution in [0.25, 0.3) is 0 Å². The Labute approximate surface area is 75.5 Å². The fourth-order valence-electron chi connectivity index (χ4n) is 0.724. The van der Waals surface area contributed by atoms with Crippen molar-refractivity contribution in [1.29, 1.82) is 0 Å². The summed E-state index contributed by atoms with van der Waals surface area (Å²) in [5.41, 5.74) is 0. The van der Waals surface area contributed by atoms with Gasteiger partial charge in [-0.1, -0.05) is 0 Å². The lowest BCUT2D eigenvalue weighted by atomic mass is 10.4. The van der Waals surface area contributed by atoms with Crippen LogP contribution in [0.15, 0.2) is 0 Å². The molecule has 1 atom stereocenters. The molecular formula is C9H22NO2+. The van der Waals surface area contributed by atoms with Crippen LogP contribution >= 0.6 is 0 Å². The molecule has 0 spiro atoms. The molecule has 0 radical (unpaired) electrons. The van der Waals surface area contributed by atoms with Gasteiger partial charge in [0, 0.05) is 0 Å². The molecule has 0 aliphatic heterocycles. The molecule has 0 amide bonds. The number of likely N-dealkylation sites (N-methyl/N-ethyl adjacent to an activating group) is 1. The first kappa shape index (κ1) is 11.9. The summed E-state index contributed by atoms with van der Waals surface area (Å²) in [5, 5.41) is 8.91. The predicted molar refractivity (Wildman–Crippen MR) is 50.0 cm³/mol. The van der Waals surface area contributed by atoms with Crippen molar-refractivity contribution >= 4 is 0 Å². The largest absolute Gasteiger partial charge is 0.391 e. The minimum atomic E-state index is -0.345. The maximum atomic E-state index is 8.91. The monoisotopic (exact) mass is 176 g/mol. The quantitative estimate of drug-likeness (QED) is 0.471. The van der Waals surface area contributed by atoms with Crippen LogP contribution in [0.3, 0.4) is 0 Å². The van der Waals surface area contributed by atoms with Crippen molar-refractivity contribution in [3.63, 3.8) is 0 Å². The van der Waals surface area contributed by atoms with Crippen molar-refractivity contribution in [2.45, 2.75) is 20.0 Å². The summed E-state index contributed by atoms with van der Waals surface area (Å²) in [6.07, 6.45) is -0.345. The summed E-state index contributed by atoms with van der Waals surface area (Å²) < 4.78 is 6.24. The van der Waals surface area contributed by atoms with E-state index in [0.717, 1.165) is 24.2 Å². The lowest BCUT2D eigenvalue weighted by Crippen LogP contribution is -2.42. The van der Waals surface area contributed by atoms with Crippen LogP contribution in [0.2, 0.25) is 0 Å². The van der Waals surface area contributed by atoms with Crippen molar-refractivity contribution in [3.05, 3.63) is 0 Å². The van der Waals surface area contributed by atoms with Crippen LogP contribution < -0.4 is 0 Å². The average Bonchev–Trinajstić information content (AvgIpc) is 1.98. The zero-order valence-electron chi connectivity index (χ0n) is 8.71. The zero-order valence-corrected chi connectivity index (χ0v) is 8.71. The number of quaternary nitrogens is 1. The van der Waals surface area contributed by atoms with Gasteiger partial charge in [0.1, 0.15) is 6.54 Å². The van der Waals surface area contributed by atoms with Crippen molar-refractivity contribution in [1.82, 2.24) is 0 Å². The van der Waals surface area contributed by atoms with Gasteiger partial charge in [0.15, 0.2) is 0 Å². The fraction of sp³-hybridized carbons (Fsp3) is 1.00. The first-order valence-electron chi connectivity index (χ1n) is 4.56. The Hall–Kier alpha value is -0.120. The highest BCUT2D eigenvalue weighted by molar-refractivity contribution is 4.41. The number of hydrogen-bond acceptors (Lipinski definition) is 2. The van der Waals surface area contributed by atoms with Gasteiger partial charge in [0.25, 0.3) is 0 Å². The van der Waals surface area contributed by atoms with Crippen LogP contribution in [-0.4, -0.2) is 56.1 Å². The summed E-state index contributed by atoms with van der Waals surface area (Å²) in [6.45, 7) is 7.19. The van der Waals surface area contributed by atoms with E-state index in [4.69, 9.17) is 9.84 Å². The molecule has 0 fully saturated rings. The molecule has 0 aliphatic carbocycles.